The third-order valence-electron chi connectivity index (χ3n) is 5.71. The van der Waals surface area contributed by atoms with E-state index in [1.807, 2.05) is 0 Å². The van der Waals surface area contributed by atoms with Crippen molar-refractivity contribution in [3.05, 3.63) is 112 Å². The van der Waals surface area contributed by atoms with E-state index in [-0.39, 0.29) is 36.9 Å². The van der Waals surface area contributed by atoms with Gasteiger partial charge in [0, 0.05) is 10.7 Å². The van der Waals surface area contributed by atoms with Gasteiger partial charge in [-0.1, -0.05) is 65.1 Å². The summed E-state index contributed by atoms with van der Waals surface area (Å²) in [5.74, 6) is -0.657. The Morgan fingerprint density at radius 2 is 1.45 bits per heavy atom. The van der Waals surface area contributed by atoms with Gasteiger partial charge in [-0.25, -0.2) is 16.8 Å². The molecule has 0 bridgehead atoms. The van der Waals surface area contributed by atoms with Gasteiger partial charge in [0.1, 0.15) is 6.54 Å². The molecule has 13 heteroatoms. The molecule has 1 amide bonds. The zero-order chi connectivity index (χ0) is 29.1. The molecule has 4 rings (SSSR count). The lowest BCUT2D eigenvalue weighted by molar-refractivity contribution is -0.114. The monoisotopic (exact) mass is 637 g/mol. The number of hydrogen-bond acceptors (Lipinski definition) is 5. The maximum Gasteiger partial charge on any atom is 0.264 e. The molecule has 0 unspecified atom stereocenters. The van der Waals surface area contributed by atoms with Gasteiger partial charge < -0.3 is 5.32 Å². The SMILES string of the molecule is Cc1ccc(N(CC(=O)Nc2ccc(S(=O)(=O)Nc3cccc(Cl)c3Cl)cc2)S(=O)(=O)c2ccccc2)cc1Cl. The maximum atomic E-state index is 13.5. The van der Waals surface area contributed by atoms with E-state index in [9.17, 15) is 21.6 Å². The molecule has 0 saturated heterocycles. The molecule has 0 aliphatic heterocycles. The molecule has 0 atom stereocenters. The summed E-state index contributed by atoms with van der Waals surface area (Å²) in [7, 11) is -8.14. The van der Waals surface area contributed by atoms with Crippen molar-refractivity contribution in [2.45, 2.75) is 16.7 Å². The van der Waals surface area contributed by atoms with Gasteiger partial charge in [-0.2, -0.15) is 0 Å². The number of sulfonamides is 2. The molecular weight excluding hydrogens is 617 g/mol. The minimum absolute atomic E-state index is 0.00126. The predicted molar refractivity (Wildman–Crippen MR) is 160 cm³/mol. The Labute approximate surface area is 247 Å². The highest BCUT2D eigenvalue weighted by Gasteiger charge is 2.27. The Hall–Kier alpha value is -3.28. The van der Waals surface area contributed by atoms with E-state index in [2.05, 4.69) is 10.0 Å². The van der Waals surface area contributed by atoms with Crippen LogP contribution in [0.2, 0.25) is 15.1 Å². The summed E-state index contributed by atoms with van der Waals surface area (Å²) in [5.41, 5.74) is 1.32. The molecule has 0 saturated carbocycles. The van der Waals surface area contributed by atoms with Crippen LogP contribution in [-0.2, 0) is 24.8 Å². The molecule has 8 nitrogen and oxygen atoms in total. The first-order valence-corrected chi connectivity index (χ1v) is 15.6. The van der Waals surface area contributed by atoms with Crippen molar-refractivity contribution in [1.29, 1.82) is 0 Å². The average Bonchev–Trinajstić information content (AvgIpc) is 2.92. The van der Waals surface area contributed by atoms with Crippen LogP contribution in [0.5, 0.6) is 0 Å². The summed E-state index contributed by atoms with van der Waals surface area (Å²) >= 11 is 18.3. The van der Waals surface area contributed by atoms with Crippen molar-refractivity contribution in [1.82, 2.24) is 0 Å². The van der Waals surface area contributed by atoms with E-state index in [4.69, 9.17) is 34.8 Å². The second-order valence-corrected chi connectivity index (χ2v) is 13.3. The van der Waals surface area contributed by atoms with Gasteiger partial charge in [-0.15, -0.1) is 0 Å². The summed E-state index contributed by atoms with van der Waals surface area (Å²) in [6, 6.07) is 22.3. The van der Waals surface area contributed by atoms with Gasteiger partial charge in [-0.05, 0) is 73.2 Å². The maximum absolute atomic E-state index is 13.5. The van der Waals surface area contributed by atoms with Crippen molar-refractivity contribution in [2.75, 3.05) is 20.9 Å². The summed E-state index contributed by atoms with van der Waals surface area (Å²) in [5, 5.41) is 3.20. The smallest absolute Gasteiger partial charge is 0.264 e. The molecule has 0 spiro atoms. The van der Waals surface area contributed by atoms with Gasteiger partial charge >= 0.3 is 0 Å². The number of rotatable bonds is 9. The van der Waals surface area contributed by atoms with Gasteiger partial charge in [0.2, 0.25) is 5.91 Å². The van der Waals surface area contributed by atoms with Gasteiger partial charge in [0.15, 0.2) is 0 Å². The Morgan fingerprint density at radius 3 is 2.10 bits per heavy atom. The number of nitrogens with one attached hydrogen (secondary N) is 2. The van der Waals surface area contributed by atoms with E-state index in [1.165, 1.54) is 54.6 Å². The second-order valence-electron chi connectivity index (χ2n) is 8.54. The second kappa shape index (κ2) is 12.1. The molecule has 4 aromatic rings. The number of nitrogens with zero attached hydrogens (tertiary/aromatic N) is 1. The largest absolute Gasteiger partial charge is 0.325 e. The van der Waals surface area contributed by atoms with Gasteiger partial charge in [-0.3, -0.25) is 13.8 Å². The van der Waals surface area contributed by atoms with Crippen LogP contribution < -0.4 is 14.3 Å². The Kier molecular flexibility index (Phi) is 8.96. The molecule has 0 heterocycles. The van der Waals surface area contributed by atoms with Crippen LogP contribution in [0.1, 0.15) is 5.56 Å². The lowest BCUT2D eigenvalue weighted by Crippen LogP contribution is -2.38. The average molecular weight is 639 g/mol. The van der Waals surface area contributed by atoms with Gasteiger partial charge in [0.25, 0.3) is 20.0 Å². The zero-order valence-corrected chi connectivity index (χ0v) is 24.7. The third kappa shape index (κ3) is 6.71. The standard InChI is InChI=1S/C27H22Cl3N3O5S2/c1-18-10-13-20(16-24(18)29)33(40(37,38)22-6-3-2-4-7-22)17-26(34)31-19-11-14-21(15-12-19)39(35,36)32-25-9-5-8-23(28)27(25)30/h2-16,32H,17H2,1H3,(H,31,34). The molecule has 0 radical (unpaired) electrons. The number of aryl methyl sites for hydroxylation is 1. The summed E-state index contributed by atoms with van der Waals surface area (Å²) in [6.45, 7) is 1.21. The van der Waals surface area contributed by atoms with Crippen molar-refractivity contribution in [3.63, 3.8) is 0 Å². The summed E-state index contributed by atoms with van der Waals surface area (Å²) < 4.78 is 55.9. The van der Waals surface area contributed by atoms with Crippen LogP contribution in [0.25, 0.3) is 0 Å². The summed E-state index contributed by atoms with van der Waals surface area (Å²) in [6.07, 6.45) is 0. The Balaban J connectivity index is 1.54. The van der Waals surface area contributed by atoms with E-state index in [0.29, 0.717) is 5.02 Å². The number of amides is 1. The molecule has 0 aliphatic carbocycles. The fraction of sp³-hybridized carbons (Fsp3) is 0.0741. The fourth-order valence-corrected chi connectivity index (χ4v) is 6.69. The van der Waals surface area contributed by atoms with E-state index in [0.717, 1.165) is 9.87 Å². The minimum Gasteiger partial charge on any atom is -0.325 e. The number of halogens is 3. The van der Waals surface area contributed by atoms with Crippen LogP contribution in [0.3, 0.4) is 0 Å². The van der Waals surface area contributed by atoms with E-state index >= 15 is 0 Å². The Morgan fingerprint density at radius 1 is 0.775 bits per heavy atom. The van der Waals surface area contributed by atoms with E-state index in [1.54, 1.807) is 43.3 Å². The number of hydrogen-bond donors (Lipinski definition) is 2. The highest BCUT2D eigenvalue weighted by atomic mass is 35.5. The molecule has 208 valence electrons. The summed E-state index contributed by atoms with van der Waals surface area (Å²) in [4.78, 5) is 12.9. The molecule has 0 aliphatic rings. The first-order valence-electron chi connectivity index (χ1n) is 11.6. The number of carbonyl (C=O) groups excluding carboxylic acids is 1. The van der Waals surface area contributed by atoms with Crippen molar-refractivity contribution >= 4 is 77.8 Å². The van der Waals surface area contributed by atoms with Crippen LogP contribution in [0.4, 0.5) is 17.1 Å². The lowest BCUT2D eigenvalue weighted by atomic mass is 10.2. The molecule has 4 aromatic carbocycles. The molecule has 0 fully saturated rings. The number of anilines is 3. The topological polar surface area (TPSA) is 113 Å². The van der Waals surface area contributed by atoms with Crippen molar-refractivity contribution in [2.24, 2.45) is 0 Å². The highest BCUT2D eigenvalue weighted by Crippen LogP contribution is 2.31. The first kappa shape index (κ1) is 29.7. The fourth-order valence-electron chi connectivity index (χ4n) is 3.61. The molecular formula is C27H22Cl3N3O5S2. The molecule has 0 aromatic heterocycles. The van der Waals surface area contributed by atoms with Crippen molar-refractivity contribution < 1.29 is 21.6 Å². The Bertz CT molecular complexity index is 1770. The van der Waals surface area contributed by atoms with Crippen LogP contribution in [0.15, 0.2) is 101 Å². The van der Waals surface area contributed by atoms with Gasteiger partial charge in [0.05, 0.1) is 31.2 Å². The molecule has 2 N–H and O–H groups in total. The first-order chi connectivity index (χ1) is 18.9. The normalized spacial score (nSPS) is 11.6. The van der Waals surface area contributed by atoms with E-state index < -0.39 is 32.5 Å². The van der Waals surface area contributed by atoms with Crippen molar-refractivity contribution in [3.8, 4) is 0 Å². The zero-order valence-electron chi connectivity index (χ0n) is 20.8. The van der Waals surface area contributed by atoms with Crippen LogP contribution in [0, 0.1) is 6.92 Å². The quantitative estimate of drug-likeness (QED) is 0.215. The molecule has 40 heavy (non-hydrogen) atoms. The number of benzene rings is 4. The lowest BCUT2D eigenvalue weighted by Gasteiger charge is -2.24. The predicted octanol–water partition coefficient (Wildman–Crippen LogP) is 6.59. The third-order valence-corrected chi connectivity index (χ3v) is 10.1. The highest BCUT2D eigenvalue weighted by molar-refractivity contribution is 7.93. The van der Waals surface area contributed by atoms with Crippen LogP contribution in [-0.4, -0.2) is 29.3 Å². The minimum atomic E-state index is -4.13. The number of carbonyl (C=O) groups is 1. The van der Waals surface area contributed by atoms with Crippen LogP contribution >= 0.6 is 34.8 Å².